The van der Waals surface area contributed by atoms with Gasteiger partial charge in [-0.15, -0.1) is 0 Å². The van der Waals surface area contributed by atoms with Crippen LogP contribution in [-0.4, -0.2) is 4.98 Å². The van der Waals surface area contributed by atoms with E-state index in [1.54, 1.807) is 24.4 Å². The molecule has 36 heavy (non-hydrogen) atoms. The third-order valence-corrected chi connectivity index (χ3v) is 6.21. The topological polar surface area (TPSA) is 96.3 Å². The van der Waals surface area contributed by atoms with Crippen molar-refractivity contribution in [3.8, 4) is 29.3 Å². The molecule has 0 bridgehead atoms. The van der Waals surface area contributed by atoms with E-state index in [2.05, 4.69) is 47.7 Å². The van der Waals surface area contributed by atoms with E-state index in [9.17, 15) is 15.8 Å². The molecule has 4 rings (SSSR count). The number of aromatic nitrogens is 1. The molecule has 3 aromatic carbocycles. The van der Waals surface area contributed by atoms with Gasteiger partial charge in [0.25, 0.3) is 5.41 Å². The lowest BCUT2D eigenvalue weighted by Crippen LogP contribution is -2.20. The van der Waals surface area contributed by atoms with Crippen LogP contribution in [0.5, 0.6) is 0 Å². The molecule has 4 aromatic rings. The number of nitriles is 3. The lowest BCUT2D eigenvalue weighted by Gasteiger charge is -2.20. The lowest BCUT2D eigenvalue weighted by molar-refractivity contribution is 0.909. The normalized spacial score (nSPS) is 10.6. The van der Waals surface area contributed by atoms with Crippen LogP contribution in [0.15, 0.2) is 80.0 Å². The number of benzene rings is 3. The highest BCUT2D eigenvalue weighted by molar-refractivity contribution is 5.99. The first kappa shape index (κ1) is 24.0. The predicted octanol–water partition coefficient (Wildman–Crippen LogP) is 6.92. The first-order chi connectivity index (χ1) is 17.5. The van der Waals surface area contributed by atoms with Gasteiger partial charge in [0, 0.05) is 29.3 Å². The highest BCUT2D eigenvalue weighted by atomic mass is 14.9. The highest BCUT2D eigenvalue weighted by Crippen LogP contribution is 2.39. The van der Waals surface area contributed by atoms with E-state index in [-0.39, 0.29) is 0 Å². The lowest BCUT2D eigenvalue weighted by atomic mass is 9.79. The van der Waals surface area contributed by atoms with Gasteiger partial charge in [-0.2, -0.15) is 15.8 Å². The molecule has 0 saturated carbocycles. The maximum Gasteiger partial charge on any atom is 0.254 e. The quantitative estimate of drug-likeness (QED) is 0.320. The van der Waals surface area contributed by atoms with Crippen molar-refractivity contribution in [3.05, 3.63) is 108 Å². The molecule has 5 nitrogen and oxygen atoms in total. The van der Waals surface area contributed by atoms with Crippen LogP contribution in [0.3, 0.4) is 0 Å². The smallest absolute Gasteiger partial charge is 0.254 e. The number of pyridine rings is 1. The molecule has 1 aromatic heterocycles. The summed E-state index contributed by atoms with van der Waals surface area (Å²) in [5, 5.41) is 33.9. The van der Waals surface area contributed by atoms with E-state index < -0.39 is 5.41 Å². The van der Waals surface area contributed by atoms with Crippen molar-refractivity contribution in [3.63, 3.8) is 0 Å². The van der Waals surface area contributed by atoms with Gasteiger partial charge in [0.2, 0.25) is 0 Å². The van der Waals surface area contributed by atoms with Gasteiger partial charge in [0.15, 0.2) is 0 Å². The summed E-state index contributed by atoms with van der Waals surface area (Å²) in [7, 11) is 0. The molecule has 0 atom stereocenters. The minimum Gasteiger partial charge on any atom is -0.380 e. The molecule has 172 valence electrons. The Morgan fingerprint density at radius 1 is 0.917 bits per heavy atom. The number of anilines is 1. The molecule has 0 saturated heterocycles. The predicted molar refractivity (Wildman–Crippen MR) is 144 cm³/mol. The van der Waals surface area contributed by atoms with E-state index >= 15 is 0 Å². The molecule has 0 radical (unpaired) electrons. The number of nitrogens with one attached hydrogen (secondary N) is 1. The van der Waals surface area contributed by atoms with Gasteiger partial charge >= 0.3 is 0 Å². The molecular formula is C31H23N5. The second-order valence-corrected chi connectivity index (χ2v) is 8.46. The number of nitrogens with zero attached hydrogens (tertiary/aromatic N) is 4. The van der Waals surface area contributed by atoms with E-state index in [1.165, 1.54) is 5.56 Å². The molecule has 0 aliphatic carbocycles. The number of hydrogen-bond acceptors (Lipinski definition) is 5. The fraction of sp³-hybridized carbons (Fsp3) is 0.0968. The van der Waals surface area contributed by atoms with Gasteiger partial charge in [-0.1, -0.05) is 79.4 Å². The van der Waals surface area contributed by atoms with Gasteiger partial charge in [-0.3, -0.25) is 4.98 Å². The fourth-order valence-electron chi connectivity index (χ4n) is 4.11. The highest BCUT2D eigenvalue weighted by Gasteiger charge is 2.36. The van der Waals surface area contributed by atoms with Gasteiger partial charge in [-0.25, -0.2) is 0 Å². The molecule has 0 aliphatic heterocycles. The second-order valence-electron chi connectivity index (χ2n) is 8.46. The standard InChI is InChI=1S/C31H23N5/c1-4-22-10-12-25(13-11-22)26-14-27-29(15-28(26)31(18-32,19-33)20-34)35-17-24(5-2)30(27)36-16-23-8-6-21(3)7-9-23/h4-15,17H,1-2,16H2,3H3,(H,35,36). The minimum atomic E-state index is -1.98. The third-order valence-electron chi connectivity index (χ3n) is 6.21. The summed E-state index contributed by atoms with van der Waals surface area (Å²) >= 11 is 0. The molecule has 1 N–H and O–H groups in total. The Kier molecular flexibility index (Phi) is 6.64. The number of aryl methyl sites for hydroxylation is 1. The minimum absolute atomic E-state index is 0.303. The van der Waals surface area contributed by atoms with Gasteiger partial charge in [0.05, 0.1) is 11.2 Å². The number of rotatable bonds is 7. The van der Waals surface area contributed by atoms with E-state index in [0.717, 1.165) is 33.3 Å². The molecule has 0 spiro atoms. The van der Waals surface area contributed by atoms with E-state index in [0.29, 0.717) is 23.2 Å². The number of fused-ring (bicyclic) bond motifs is 1. The summed E-state index contributed by atoms with van der Waals surface area (Å²) in [5.74, 6) is 0. The summed E-state index contributed by atoms with van der Waals surface area (Å²) in [6.07, 6.45) is 5.17. The van der Waals surface area contributed by atoms with Crippen molar-refractivity contribution in [1.82, 2.24) is 4.98 Å². The third kappa shape index (κ3) is 4.32. The Bertz CT molecular complexity index is 1560. The SMILES string of the molecule is C=Cc1ccc(-c2cc3c(NCc4ccc(C)cc4)c(C=C)cnc3cc2C(C#N)(C#N)C#N)cc1. The van der Waals surface area contributed by atoms with Crippen LogP contribution in [0.2, 0.25) is 0 Å². The molecule has 0 fully saturated rings. The van der Waals surface area contributed by atoms with E-state index in [1.807, 2.05) is 55.5 Å². The van der Waals surface area contributed by atoms with Crippen LogP contribution < -0.4 is 5.32 Å². The monoisotopic (exact) mass is 465 g/mol. The second kappa shape index (κ2) is 9.98. The first-order valence-electron chi connectivity index (χ1n) is 11.3. The molecule has 1 heterocycles. The van der Waals surface area contributed by atoms with Gasteiger partial charge in [-0.05, 0) is 41.3 Å². The average Bonchev–Trinajstić information content (AvgIpc) is 2.93. The first-order valence-corrected chi connectivity index (χ1v) is 11.3. The van der Waals surface area contributed by atoms with Crippen molar-refractivity contribution in [2.45, 2.75) is 18.9 Å². The Balaban J connectivity index is 1.97. The van der Waals surface area contributed by atoms with Gasteiger partial charge in [0.1, 0.15) is 18.2 Å². The zero-order chi connectivity index (χ0) is 25.7. The van der Waals surface area contributed by atoms with Crippen molar-refractivity contribution in [2.24, 2.45) is 0 Å². The fourth-order valence-corrected chi connectivity index (χ4v) is 4.11. The maximum atomic E-state index is 9.87. The molecule has 5 heteroatoms. The van der Waals surface area contributed by atoms with Crippen LogP contribution in [0.4, 0.5) is 5.69 Å². The summed E-state index contributed by atoms with van der Waals surface area (Å²) in [6, 6.07) is 25.2. The summed E-state index contributed by atoms with van der Waals surface area (Å²) < 4.78 is 0. The number of hydrogen-bond donors (Lipinski definition) is 1. The van der Waals surface area contributed by atoms with Crippen LogP contribution in [0, 0.1) is 40.9 Å². The Morgan fingerprint density at radius 2 is 1.58 bits per heavy atom. The molecule has 0 aliphatic rings. The van der Waals surface area contributed by atoms with Crippen LogP contribution in [-0.2, 0) is 12.0 Å². The Morgan fingerprint density at radius 3 is 2.17 bits per heavy atom. The molecular weight excluding hydrogens is 442 g/mol. The van der Waals surface area contributed by atoms with Crippen LogP contribution >= 0.6 is 0 Å². The van der Waals surface area contributed by atoms with Crippen LogP contribution in [0.1, 0.15) is 27.8 Å². The summed E-state index contributed by atoms with van der Waals surface area (Å²) in [4.78, 5) is 4.57. The largest absolute Gasteiger partial charge is 0.380 e. The Hall–Kier alpha value is -5.18. The average molecular weight is 466 g/mol. The van der Waals surface area contributed by atoms with Crippen molar-refractivity contribution in [1.29, 1.82) is 15.8 Å². The van der Waals surface area contributed by atoms with Crippen molar-refractivity contribution >= 4 is 28.7 Å². The Labute approximate surface area is 210 Å². The van der Waals surface area contributed by atoms with Crippen molar-refractivity contribution in [2.75, 3.05) is 5.32 Å². The van der Waals surface area contributed by atoms with Crippen LogP contribution in [0.25, 0.3) is 34.2 Å². The summed E-state index contributed by atoms with van der Waals surface area (Å²) in [6.45, 7) is 10.4. The zero-order valence-electron chi connectivity index (χ0n) is 19.9. The van der Waals surface area contributed by atoms with Crippen molar-refractivity contribution < 1.29 is 0 Å². The molecule has 0 unspecified atom stereocenters. The maximum absolute atomic E-state index is 9.87. The zero-order valence-corrected chi connectivity index (χ0v) is 19.9. The molecule has 0 amide bonds. The van der Waals surface area contributed by atoms with Gasteiger partial charge < -0.3 is 5.32 Å². The van der Waals surface area contributed by atoms with E-state index in [4.69, 9.17) is 0 Å². The summed E-state index contributed by atoms with van der Waals surface area (Å²) in [5.41, 5.74) is 5.19.